The van der Waals surface area contributed by atoms with Crippen LogP contribution >= 0.6 is 0 Å². The zero-order valence-corrected chi connectivity index (χ0v) is 19.8. The van der Waals surface area contributed by atoms with Crippen LogP contribution in [0.3, 0.4) is 0 Å². The molecule has 190 valence electrons. The summed E-state index contributed by atoms with van der Waals surface area (Å²) in [6.45, 7) is 6.84. The Kier molecular flexibility index (Phi) is 7.53. The van der Waals surface area contributed by atoms with Crippen LogP contribution < -0.4 is 20.3 Å². The van der Waals surface area contributed by atoms with Crippen LogP contribution in [0.4, 0.5) is 36.4 Å². The number of nitrogens with one attached hydrogen (secondary N) is 2. The molecule has 0 aliphatic carbocycles. The molecule has 3 aromatic rings. The lowest BCUT2D eigenvalue weighted by Crippen LogP contribution is -2.46. The second kappa shape index (κ2) is 10.8. The molecule has 4 rings (SSSR count). The van der Waals surface area contributed by atoms with E-state index in [4.69, 9.17) is 0 Å². The molecule has 1 fully saturated rings. The van der Waals surface area contributed by atoms with Crippen molar-refractivity contribution in [2.75, 3.05) is 41.7 Å². The van der Waals surface area contributed by atoms with Gasteiger partial charge in [-0.1, -0.05) is 18.2 Å². The summed E-state index contributed by atoms with van der Waals surface area (Å²) >= 11 is 0. The first-order valence-electron chi connectivity index (χ1n) is 11.3. The Morgan fingerprint density at radius 3 is 2.39 bits per heavy atom. The second-order valence-corrected chi connectivity index (χ2v) is 8.35. The number of carbonyl (C=O) groups is 1. The van der Waals surface area contributed by atoms with Crippen molar-refractivity contribution in [3.05, 3.63) is 59.9 Å². The minimum Gasteiger partial charge on any atom is -0.406 e. The number of nitrogens with zero attached hydrogens (tertiary/aromatic N) is 5. The van der Waals surface area contributed by atoms with Gasteiger partial charge in [-0.3, -0.25) is 9.69 Å². The van der Waals surface area contributed by atoms with Gasteiger partial charge in [-0.15, -0.1) is 13.2 Å². The Morgan fingerprint density at radius 1 is 1.03 bits per heavy atom. The topological polar surface area (TPSA) is 95.5 Å². The van der Waals surface area contributed by atoms with Crippen molar-refractivity contribution < 1.29 is 22.7 Å². The molecule has 0 bridgehead atoms. The minimum atomic E-state index is -4.70. The lowest BCUT2D eigenvalue weighted by molar-refractivity contribution is -0.274. The predicted octanol–water partition coefficient (Wildman–Crippen LogP) is 4.10. The van der Waals surface area contributed by atoms with E-state index in [2.05, 4.69) is 40.1 Å². The number of rotatable bonds is 7. The van der Waals surface area contributed by atoms with E-state index >= 15 is 0 Å². The van der Waals surface area contributed by atoms with Gasteiger partial charge in [0.2, 0.25) is 17.8 Å². The van der Waals surface area contributed by atoms with Gasteiger partial charge in [0.05, 0.1) is 0 Å². The van der Waals surface area contributed by atoms with Gasteiger partial charge in [-0.05, 0) is 42.3 Å². The smallest absolute Gasteiger partial charge is 0.406 e. The van der Waals surface area contributed by atoms with Crippen molar-refractivity contribution >= 4 is 29.2 Å². The van der Waals surface area contributed by atoms with Gasteiger partial charge in [0.1, 0.15) is 12.1 Å². The molecule has 2 N–H and O–H groups in total. The molecule has 1 amide bonds. The van der Waals surface area contributed by atoms with Crippen LogP contribution in [-0.2, 0) is 11.3 Å². The number of amides is 1. The summed E-state index contributed by atoms with van der Waals surface area (Å²) in [6, 6.07) is 11.5. The summed E-state index contributed by atoms with van der Waals surface area (Å²) in [5.74, 6) is 0.569. The summed E-state index contributed by atoms with van der Waals surface area (Å²) in [5, 5.41) is 5.99. The van der Waals surface area contributed by atoms with Crippen molar-refractivity contribution in [2.45, 2.75) is 26.8 Å². The zero-order chi connectivity index (χ0) is 25.7. The molecule has 9 nitrogen and oxygen atoms in total. The number of ether oxygens (including phenoxy) is 1. The maximum atomic E-state index is 12.3. The first-order chi connectivity index (χ1) is 17.2. The second-order valence-electron chi connectivity index (χ2n) is 8.35. The number of halogens is 3. The maximum Gasteiger partial charge on any atom is 0.573 e. The van der Waals surface area contributed by atoms with E-state index < -0.39 is 6.36 Å². The average Bonchev–Trinajstić information content (AvgIpc) is 2.82. The molecule has 0 atom stereocenters. The number of carbonyl (C=O) groups excluding carboxylic acids is 1. The van der Waals surface area contributed by atoms with E-state index in [1.807, 2.05) is 25.1 Å². The molecule has 0 unspecified atom stereocenters. The molecule has 1 saturated heterocycles. The van der Waals surface area contributed by atoms with Crippen molar-refractivity contribution in [3.8, 4) is 5.75 Å². The van der Waals surface area contributed by atoms with Crippen molar-refractivity contribution in [1.82, 2.24) is 19.9 Å². The highest BCUT2D eigenvalue weighted by molar-refractivity contribution is 5.90. The van der Waals surface area contributed by atoms with Gasteiger partial charge >= 0.3 is 6.36 Å². The molecular formula is C24H26F3N7O2. The fourth-order valence-corrected chi connectivity index (χ4v) is 3.88. The molecule has 36 heavy (non-hydrogen) atoms. The summed E-state index contributed by atoms with van der Waals surface area (Å²) in [6.07, 6.45) is -3.24. The minimum absolute atomic E-state index is 0.149. The Hall–Kier alpha value is -3.93. The highest BCUT2D eigenvalue weighted by Crippen LogP contribution is 2.26. The zero-order valence-electron chi connectivity index (χ0n) is 19.8. The fraction of sp³-hybridized carbons (Fsp3) is 0.333. The third-order valence-electron chi connectivity index (χ3n) is 5.67. The van der Waals surface area contributed by atoms with Crippen LogP contribution in [0.1, 0.15) is 18.1 Å². The van der Waals surface area contributed by atoms with Gasteiger partial charge in [0, 0.05) is 51.0 Å². The lowest BCUT2D eigenvalue weighted by atomic mass is 10.1. The first kappa shape index (κ1) is 25.2. The van der Waals surface area contributed by atoms with Gasteiger partial charge in [-0.2, -0.15) is 4.98 Å². The Bertz CT molecular complexity index is 1200. The standard InChI is InChI=1S/C24H26F3N7O2/c1-16-20(30-17(2)35)4-3-5-21(16)31-22-28-15-29-23(32-22)34-12-10-33(11-13-34)14-18-6-8-19(9-7-18)36-24(25,26)27/h3-9,15H,10-14H2,1-2H3,(H,30,35)(H,28,29,31,32). The van der Waals surface area contributed by atoms with Crippen LogP contribution in [0.15, 0.2) is 48.8 Å². The SMILES string of the molecule is CC(=O)Nc1cccc(Nc2ncnc(N3CCN(Cc4ccc(OC(F)(F)F)cc4)CC3)n2)c1C. The van der Waals surface area contributed by atoms with E-state index in [1.165, 1.54) is 25.4 Å². The van der Waals surface area contributed by atoms with E-state index in [1.54, 1.807) is 12.1 Å². The monoisotopic (exact) mass is 501 g/mol. The largest absolute Gasteiger partial charge is 0.573 e. The summed E-state index contributed by atoms with van der Waals surface area (Å²) in [5.41, 5.74) is 3.25. The Labute approximate surface area is 206 Å². The van der Waals surface area contributed by atoms with Gasteiger partial charge in [-0.25, -0.2) is 9.97 Å². The van der Waals surface area contributed by atoms with Crippen molar-refractivity contribution in [1.29, 1.82) is 0 Å². The molecule has 1 aliphatic rings. The highest BCUT2D eigenvalue weighted by Gasteiger charge is 2.31. The third-order valence-corrected chi connectivity index (χ3v) is 5.67. The Balaban J connectivity index is 1.34. The van der Waals surface area contributed by atoms with Crippen LogP contribution in [0.2, 0.25) is 0 Å². The number of piperazine rings is 1. The van der Waals surface area contributed by atoms with Crippen LogP contribution in [0.5, 0.6) is 5.75 Å². The predicted molar refractivity (Wildman–Crippen MR) is 129 cm³/mol. The fourth-order valence-electron chi connectivity index (χ4n) is 3.88. The summed E-state index contributed by atoms with van der Waals surface area (Å²) < 4.78 is 40.9. The lowest BCUT2D eigenvalue weighted by Gasteiger charge is -2.34. The van der Waals surface area contributed by atoms with E-state index in [0.717, 1.165) is 29.9 Å². The van der Waals surface area contributed by atoms with Gasteiger partial charge in [0.15, 0.2) is 0 Å². The molecule has 0 spiro atoms. The highest BCUT2D eigenvalue weighted by atomic mass is 19.4. The van der Waals surface area contributed by atoms with E-state index in [0.29, 0.717) is 37.2 Å². The molecule has 12 heteroatoms. The van der Waals surface area contributed by atoms with Crippen molar-refractivity contribution in [2.24, 2.45) is 0 Å². The number of anilines is 4. The van der Waals surface area contributed by atoms with Crippen LogP contribution in [0, 0.1) is 6.92 Å². The molecule has 0 radical (unpaired) electrons. The number of alkyl halides is 3. The molecule has 1 aliphatic heterocycles. The summed E-state index contributed by atoms with van der Waals surface area (Å²) in [7, 11) is 0. The number of aromatic nitrogens is 3. The Morgan fingerprint density at radius 2 is 1.72 bits per heavy atom. The normalized spacial score (nSPS) is 14.4. The van der Waals surface area contributed by atoms with Crippen LogP contribution in [0.25, 0.3) is 0 Å². The molecule has 2 aromatic carbocycles. The first-order valence-corrected chi connectivity index (χ1v) is 11.3. The number of hydrogen-bond donors (Lipinski definition) is 2. The van der Waals surface area contributed by atoms with E-state index in [9.17, 15) is 18.0 Å². The van der Waals surface area contributed by atoms with Gasteiger partial charge in [0.25, 0.3) is 0 Å². The van der Waals surface area contributed by atoms with Crippen molar-refractivity contribution in [3.63, 3.8) is 0 Å². The summed E-state index contributed by atoms with van der Waals surface area (Å²) in [4.78, 5) is 28.8. The quantitative estimate of drug-likeness (QED) is 0.500. The number of benzene rings is 2. The third kappa shape index (κ3) is 6.81. The molecule has 2 heterocycles. The molecule has 0 saturated carbocycles. The number of hydrogen-bond acceptors (Lipinski definition) is 8. The van der Waals surface area contributed by atoms with E-state index in [-0.39, 0.29) is 11.7 Å². The van der Waals surface area contributed by atoms with Crippen LogP contribution in [-0.4, -0.2) is 58.3 Å². The van der Waals surface area contributed by atoms with Gasteiger partial charge < -0.3 is 20.3 Å². The molecule has 1 aromatic heterocycles. The molecular weight excluding hydrogens is 475 g/mol. The maximum absolute atomic E-state index is 12.3. The average molecular weight is 502 g/mol.